The van der Waals surface area contributed by atoms with Gasteiger partial charge in [0.25, 0.3) is 0 Å². The van der Waals surface area contributed by atoms with Crippen LogP contribution in [-0.4, -0.2) is 47.9 Å². The lowest BCUT2D eigenvalue weighted by Gasteiger charge is -2.23. The lowest BCUT2D eigenvalue weighted by atomic mass is 10.1. The van der Waals surface area contributed by atoms with Gasteiger partial charge in [0.2, 0.25) is 5.91 Å². The van der Waals surface area contributed by atoms with Gasteiger partial charge in [-0.2, -0.15) is 13.2 Å². The fraction of sp³-hybridized carbons (Fsp3) is 0.467. The van der Waals surface area contributed by atoms with Gasteiger partial charge < -0.3 is 15.1 Å². The van der Waals surface area contributed by atoms with Crippen molar-refractivity contribution in [2.45, 2.75) is 19.5 Å². The largest absolute Gasteiger partial charge is 0.418 e. The normalized spacial score (nSPS) is 15.9. The van der Waals surface area contributed by atoms with E-state index in [1.54, 1.807) is 4.90 Å². The van der Waals surface area contributed by atoms with Crippen molar-refractivity contribution in [2.24, 2.45) is 0 Å². The lowest BCUT2D eigenvalue weighted by molar-refractivity contribution is -0.137. The molecule has 0 aromatic heterocycles. The zero-order chi connectivity index (χ0) is 17.9. The molecule has 3 amide bonds. The van der Waals surface area contributed by atoms with Crippen molar-refractivity contribution >= 4 is 17.6 Å². The number of amides is 3. The number of urea groups is 1. The fourth-order valence-electron chi connectivity index (χ4n) is 2.51. The number of nitrogens with zero attached hydrogens (tertiary/aromatic N) is 2. The molecule has 0 atom stereocenters. The summed E-state index contributed by atoms with van der Waals surface area (Å²) in [6.07, 6.45) is -4.29. The summed E-state index contributed by atoms with van der Waals surface area (Å²) in [4.78, 5) is 26.4. The molecule has 9 heteroatoms. The first-order chi connectivity index (χ1) is 11.2. The summed E-state index contributed by atoms with van der Waals surface area (Å²) in [5.41, 5.74) is -2.13. The van der Waals surface area contributed by atoms with Crippen molar-refractivity contribution in [2.75, 3.05) is 31.5 Å². The zero-order valence-corrected chi connectivity index (χ0v) is 13.0. The molecule has 1 N–H and O–H groups in total. The van der Waals surface area contributed by atoms with Crippen LogP contribution >= 0.6 is 0 Å². The molecule has 1 saturated heterocycles. The molecule has 0 unspecified atom stereocenters. The highest BCUT2D eigenvalue weighted by atomic mass is 19.4. The molecule has 132 valence electrons. The summed E-state index contributed by atoms with van der Waals surface area (Å²) >= 11 is 0. The Bertz CT molecular complexity index is 634. The standard InChI is InChI=1S/C15H17F4N3O2/c1-10(23)21-6-3-7-22(9-8-21)14(24)20-13-11(15(17,18)19)4-2-5-12(13)16/h2,4-5H,3,6-9H2,1H3,(H,20,24). The Labute approximate surface area is 136 Å². The van der Waals surface area contributed by atoms with Gasteiger partial charge in [-0.05, 0) is 18.6 Å². The SMILES string of the molecule is CC(=O)N1CCCN(C(=O)Nc2c(F)cccc2C(F)(F)F)CC1. The minimum Gasteiger partial charge on any atom is -0.341 e. The predicted molar refractivity (Wildman–Crippen MR) is 78.9 cm³/mol. The minimum atomic E-state index is -4.78. The number of hydrogen-bond acceptors (Lipinski definition) is 2. The van der Waals surface area contributed by atoms with Crippen molar-refractivity contribution in [1.29, 1.82) is 0 Å². The van der Waals surface area contributed by atoms with Gasteiger partial charge in [-0.3, -0.25) is 4.79 Å². The smallest absolute Gasteiger partial charge is 0.341 e. The van der Waals surface area contributed by atoms with E-state index in [0.29, 0.717) is 19.0 Å². The molecule has 5 nitrogen and oxygen atoms in total. The molecule has 0 spiro atoms. The summed E-state index contributed by atoms with van der Waals surface area (Å²) in [5, 5.41) is 2.02. The third kappa shape index (κ3) is 4.15. The Balaban J connectivity index is 2.14. The minimum absolute atomic E-state index is 0.134. The summed E-state index contributed by atoms with van der Waals surface area (Å²) in [6, 6.07) is 1.67. The van der Waals surface area contributed by atoms with Gasteiger partial charge in [0.1, 0.15) is 5.82 Å². The Hall–Kier alpha value is -2.32. The van der Waals surface area contributed by atoms with Crippen LogP contribution in [0.2, 0.25) is 0 Å². The molecular formula is C15H17F4N3O2. The highest BCUT2D eigenvalue weighted by molar-refractivity contribution is 5.90. The van der Waals surface area contributed by atoms with Gasteiger partial charge in [0.05, 0.1) is 11.3 Å². The molecule has 0 aliphatic carbocycles. The van der Waals surface area contributed by atoms with Gasteiger partial charge in [-0.15, -0.1) is 0 Å². The van der Waals surface area contributed by atoms with E-state index in [1.165, 1.54) is 11.8 Å². The first-order valence-electron chi connectivity index (χ1n) is 7.37. The molecule has 1 aliphatic rings. The summed E-state index contributed by atoms with van der Waals surface area (Å²) < 4.78 is 52.6. The number of rotatable bonds is 1. The summed E-state index contributed by atoms with van der Waals surface area (Å²) in [5.74, 6) is -1.29. The van der Waals surface area contributed by atoms with E-state index in [0.717, 1.165) is 12.1 Å². The van der Waals surface area contributed by atoms with Gasteiger partial charge in [-0.1, -0.05) is 6.07 Å². The van der Waals surface area contributed by atoms with Crippen LogP contribution in [0.4, 0.5) is 28.0 Å². The van der Waals surface area contributed by atoms with E-state index in [1.807, 2.05) is 5.32 Å². The number of hydrogen-bond donors (Lipinski definition) is 1. The van der Waals surface area contributed by atoms with Crippen molar-refractivity contribution < 1.29 is 27.2 Å². The number of para-hydroxylation sites is 1. The van der Waals surface area contributed by atoms with Crippen molar-refractivity contribution in [1.82, 2.24) is 9.80 Å². The maximum absolute atomic E-state index is 13.8. The average Bonchev–Trinajstić information content (AvgIpc) is 2.74. The molecule has 24 heavy (non-hydrogen) atoms. The van der Waals surface area contributed by atoms with Gasteiger partial charge in [-0.25, -0.2) is 9.18 Å². The van der Waals surface area contributed by atoms with Crippen molar-refractivity contribution in [3.05, 3.63) is 29.6 Å². The maximum Gasteiger partial charge on any atom is 0.418 e. The van der Waals surface area contributed by atoms with Crippen LogP contribution in [0.25, 0.3) is 0 Å². The molecule has 1 fully saturated rings. The Morgan fingerprint density at radius 3 is 2.33 bits per heavy atom. The van der Waals surface area contributed by atoms with Crippen molar-refractivity contribution in [3.8, 4) is 0 Å². The molecule has 2 rings (SSSR count). The number of benzene rings is 1. The van der Waals surface area contributed by atoms with Crippen LogP contribution in [0.15, 0.2) is 18.2 Å². The lowest BCUT2D eigenvalue weighted by Crippen LogP contribution is -2.39. The molecule has 1 heterocycles. The Morgan fingerprint density at radius 1 is 1.08 bits per heavy atom. The number of carbonyl (C=O) groups is 2. The van der Waals surface area contributed by atoms with E-state index in [4.69, 9.17) is 0 Å². The molecule has 1 aromatic carbocycles. The number of nitrogens with one attached hydrogen (secondary N) is 1. The van der Waals surface area contributed by atoms with Crippen LogP contribution in [0.3, 0.4) is 0 Å². The first kappa shape index (κ1) is 18.0. The molecular weight excluding hydrogens is 330 g/mol. The molecule has 0 bridgehead atoms. The second-order valence-corrected chi connectivity index (χ2v) is 5.44. The maximum atomic E-state index is 13.8. The highest BCUT2D eigenvalue weighted by Crippen LogP contribution is 2.36. The zero-order valence-electron chi connectivity index (χ0n) is 13.0. The topological polar surface area (TPSA) is 52.7 Å². The van der Waals surface area contributed by atoms with Crippen molar-refractivity contribution in [3.63, 3.8) is 0 Å². The van der Waals surface area contributed by atoms with E-state index < -0.39 is 29.3 Å². The van der Waals surface area contributed by atoms with E-state index in [2.05, 4.69) is 0 Å². The van der Waals surface area contributed by atoms with Crippen LogP contribution in [0.5, 0.6) is 0 Å². The molecule has 0 radical (unpaired) electrons. The van der Waals surface area contributed by atoms with Crippen LogP contribution in [0.1, 0.15) is 18.9 Å². The van der Waals surface area contributed by atoms with Gasteiger partial charge in [0.15, 0.2) is 0 Å². The number of carbonyl (C=O) groups excluding carboxylic acids is 2. The number of alkyl halides is 3. The predicted octanol–water partition coefficient (Wildman–Crippen LogP) is 2.93. The van der Waals surface area contributed by atoms with E-state index >= 15 is 0 Å². The molecule has 1 aliphatic heterocycles. The third-order valence-corrected chi connectivity index (χ3v) is 3.78. The second-order valence-electron chi connectivity index (χ2n) is 5.44. The summed E-state index contributed by atoms with van der Waals surface area (Å²) in [6.45, 7) is 2.59. The fourth-order valence-corrected chi connectivity index (χ4v) is 2.51. The van der Waals surface area contributed by atoms with Gasteiger partial charge in [0, 0.05) is 33.1 Å². The van der Waals surface area contributed by atoms with Crippen LogP contribution in [-0.2, 0) is 11.0 Å². The van der Waals surface area contributed by atoms with E-state index in [9.17, 15) is 27.2 Å². The highest BCUT2D eigenvalue weighted by Gasteiger charge is 2.35. The quantitative estimate of drug-likeness (QED) is 0.794. The Morgan fingerprint density at radius 2 is 1.71 bits per heavy atom. The molecule has 1 aromatic rings. The monoisotopic (exact) mass is 347 g/mol. The van der Waals surface area contributed by atoms with E-state index in [-0.39, 0.29) is 25.5 Å². The first-order valence-corrected chi connectivity index (χ1v) is 7.37. The van der Waals surface area contributed by atoms with Crippen LogP contribution < -0.4 is 5.32 Å². The average molecular weight is 347 g/mol. The second kappa shape index (κ2) is 7.06. The van der Waals surface area contributed by atoms with Gasteiger partial charge >= 0.3 is 12.2 Å². The third-order valence-electron chi connectivity index (χ3n) is 3.78. The Kier molecular flexibility index (Phi) is 5.30. The van der Waals surface area contributed by atoms with Crippen LogP contribution in [0, 0.1) is 5.82 Å². The number of halogens is 4. The molecule has 0 saturated carbocycles. The summed E-state index contributed by atoms with van der Waals surface area (Å²) in [7, 11) is 0. The number of anilines is 1.